The van der Waals surface area contributed by atoms with Crippen LogP contribution in [0, 0.1) is 15.9 Å². The van der Waals surface area contributed by atoms with Crippen molar-refractivity contribution in [3.05, 3.63) is 81.4 Å². The molecule has 8 nitrogen and oxygen atoms in total. The first-order chi connectivity index (χ1) is 15.0. The summed E-state index contributed by atoms with van der Waals surface area (Å²) < 4.78 is 13.4. The Morgan fingerprint density at radius 2 is 1.84 bits per heavy atom. The molecule has 1 N–H and O–H groups in total. The van der Waals surface area contributed by atoms with Gasteiger partial charge < -0.3 is 10.2 Å². The van der Waals surface area contributed by atoms with Crippen molar-refractivity contribution in [2.45, 2.75) is 6.54 Å². The van der Waals surface area contributed by atoms with Crippen molar-refractivity contribution < 1.29 is 9.31 Å². The molecule has 31 heavy (non-hydrogen) atoms. The minimum absolute atomic E-state index is 0.0318. The molecule has 1 fully saturated rings. The number of nitrogens with one attached hydrogen (secondary N) is 1. The largest absolute Gasteiger partial charge is 0.353 e. The predicted octanol–water partition coefficient (Wildman–Crippen LogP) is 4.24. The molecule has 1 aliphatic rings. The average Bonchev–Trinajstić information content (AvgIpc) is 2.77. The van der Waals surface area contributed by atoms with Gasteiger partial charge >= 0.3 is 5.69 Å². The summed E-state index contributed by atoms with van der Waals surface area (Å²) >= 11 is 5.81. The Bertz CT molecular complexity index is 1080. The van der Waals surface area contributed by atoms with Crippen molar-refractivity contribution in [3.8, 4) is 0 Å². The van der Waals surface area contributed by atoms with Crippen LogP contribution in [0.15, 0.2) is 54.9 Å². The smallest absolute Gasteiger partial charge is 0.348 e. The Kier molecular flexibility index (Phi) is 6.24. The maximum atomic E-state index is 13.4. The first-order valence-corrected chi connectivity index (χ1v) is 10.1. The van der Waals surface area contributed by atoms with Crippen LogP contribution in [0.4, 0.5) is 27.4 Å². The Morgan fingerprint density at radius 3 is 2.52 bits per heavy atom. The van der Waals surface area contributed by atoms with Gasteiger partial charge in [0.2, 0.25) is 11.6 Å². The highest BCUT2D eigenvalue weighted by Crippen LogP contribution is 2.34. The number of benzene rings is 2. The maximum absolute atomic E-state index is 13.4. The lowest BCUT2D eigenvalue weighted by molar-refractivity contribution is -0.383. The molecule has 2 heterocycles. The molecule has 1 saturated heterocycles. The van der Waals surface area contributed by atoms with Crippen LogP contribution in [0.25, 0.3) is 0 Å². The molecule has 0 aliphatic carbocycles. The van der Waals surface area contributed by atoms with E-state index in [1.165, 1.54) is 30.1 Å². The van der Waals surface area contributed by atoms with Crippen molar-refractivity contribution in [3.63, 3.8) is 0 Å². The van der Waals surface area contributed by atoms with E-state index in [-0.39, 0.29) is 22.3 Å². The Morgan fingerprint density at radius 1 is 1.10 bits per heavy atom. The lowest BCUT2D eigenvalue weighted by atomic mass is 10.2. The lowest BCUT2D eigenvalue weighted by Crippen LogP contribution is -2.46. The fourth-order valence-corrected chi connectivity index (χ4v) is 3.71. The SMILES string of the molecule is O=[N+]([O-])c1c(Nc2ccc(F)c(Cl)c2)ncnc1N1CCN(Cc2ccccc2)CC1. The van der Waals surface area contributed by atoms with Gasteiger partial charge in [0.25, 0.3) is 0 Å². The zero-order chi connectivity index (χ0) is 21.8. The van der Waals surface area contributed by atoms with Crippen LogP contribution >= 0.6 is 11.6 Å². The molecule has 0 amide bonds. The minimum Gasteiger partial charge on any atom is -0.348 e. The molecule has 0 radical (unpaired) electrons. The summed E-state index contributed by atoms with van der Waals surface area (Å²) in [5, 5.41) is 14.6. The van der Waals surface area contributed by atoms with Gasteiger partial charge in [-0.2, -0.15) is 0 Å². The third-order valence-electron chi connectivity index (χ3n) is 5.09. The summed E-state index contributed by atoms with van der Waals surface area (Å²) in [4.78, 5) is 23.8. The summed E-state index contributed by atoms with van der Waals surface area (Å²) in [5.41, 5.74) is 1.40. The number of anilines is 3. The zero-order valence-electron chi connectivity index (χ0n) is 16.5. The second-order valence-corrected chi connectivity index (χ2v) is 7.56. The van der Waals surface area contributed by atoms with Gasteiger partial charge in [-0.15, -0.1) is 0 Å². The van der Waals surface area contributed by atoms with E-state index in [0.717, 1.165) is 19.6 Å². The molecule has 0 saturated carbocycles. The monoisotopic (exact) mass is 442 g/mol. The van der Waals surface area contributed by atoms with Gasteiger partial charge in [-0.1, -0.05) is 41.9 Å². The molecule has 3 aromatic rings. The molecule has 1 aromatic heterocycles. The van der Waals surface area contributed by atoms with E-state index in [2.05, 4.69) is 32.3 Å². The number of aromatic nitrogens is 2. The first-order valence-electron chi connectivity index (χ1n) is 9.74. The van der Waals surface area contributed by atoms with Crippen LogP contribution in [-0.4, -0.2) is 46.0 Å². The third-order valence-corrected chi connectivity index (χ3v) is 5.38. The van der Waals surface area contributed by atoms with Crippen LogP contribution in [-0.2, 0) is 6.54 Å². The average molecular weight is 443 g/mol. The highest BCUT2D eigenvalue weighted by Gasteiger charge is 2.29. The van der Waals surface area contributed by atoms with E-state index in [1.807, 2.05) is 23.1 Å². The number of nitrogens with zero attached hydrogens (tertiary/aromatic N) is 5. The van der Waals surface area contributed by atoms with E-state index in [9.17, 15) is 14.5 Å². The van der Waals surface area contributed by atoms with Crippen molar-refractivity contribution in [2.75, 3.05) is 36.4 Å². The van der Waals surface area contributed by atoms with E-state index >= 15 is 0 Å². The normalized spacial score (nSPS) is 14.5. The number of nitro groups is 1. The van der Waals surface area contributed by atoms with Gasteiger partial charge in [-0.05, 0) is 23.8 Å². The lowest BCUT2D eigenvalue weighted by Gasteiger charge is -2.35. The molecular formula is C21H20ClFN6O2. The van der Waals surface area contributed by atoms with E-state index < -0.39 is 10.7 Å². The van der Waals surface area contributed by atoms with Crippen molar-refractivity contribution in [1.82, 2.24) is 14.9 Å². The quantitative estimate of drug-likeness (QED) is 0.451. The van der Waals surface area contributed by atoms with Crippen molar-refractivity contribution in [2.24, 2.45) is 0 Å². The van der Waals surface area contributed by atoms with Crippen LogP contribution in [0.2, 0.25) is 5.02 Å². The summed E-state index contributed by atoms with van der Waals surface area (Å²) in [6, 6.07) is 14.2. The Labute approximate surface area is 183 Å². The van der Waals surface area contributed by atoms with E-state index in [1.54, 1.807) is 0 Å². The predicted molar refractivity (Wildman–Crippen MR) is 117 cm³/mol. The van der Waals surface area contributed by atoms with Crippen LogP contribution in [0.5, 0.6) is 0 Å². The fraction of sp³-hybridized carbons (Fsp3) is 0.238. The molecule has 4 rings (SSSR count). The van der Waals surface area contributed by atoms with E-state index in [4.69, 9.17) is 11.6 Å². The highest BCUT2D eigenvalue weighted by molar-refractivity contribution is 6.31. The van der Waals surface area contributed by atoms with Gasteiger partial charge in [0.1, 0.15) is 12.1 Å². The molecule has 0 bridgehead atoms. The first kappa shape index (κ1) is 21.0. The summed E-state index contributed by atoms with van der Waals surface area (Å²) in [6.45, 7) is 3.55. The maximum Gasteiger partial charge on any atom is 0.353 e. The summed E-state index contributed by atoms with van der Waals surface area (Å²) in [6.07, 6.45) is 1.28. The minimum atomic E-state index is -0.571. The number of halogens is 2. The number of hydrogen-bond donors (Lipinski definition) is 1. The molecule has 2 aromatic carbocycles. The van der Waals surface area contributed by atoms with Gasteiger partial charge in [-0.3, -0.25) is 15.0 Å². The number of piperazine rings is 1. The molecule has 10 heteroatoms. The molecule has 0 unspecified atom stereocenters. The molecule has 160 valence electrons. The Hall–Kier alpha value is -3.30. The highest BCUT2D eigenvalue weighted by atomic mass is 35.5. The Balaban J connectivity index is 1.51. The van der Waals surface area contributed by atoms with Gasteiger partial charge in [0, 0.05) is 38.4 Å². The topological polar surface area (TPSA) is 87.4 Å². The van der Waals surface area contributed by atoms with Crippen LogP contribution < -0.4 is 10.2 Å². The second-order valence-electron chi connectivity index (χ2n) is 7.15. The molecule has 0 spiro atoms. The third kappa shape index (κ3) is 4.89. The van der Waals surface area contributed by atoms with Gasteiger partial charge in [0.05, 0.1) is 9.95 Å². The summed E-state index contributed by atoms with van der Waals surface area (Å²) in [7, 11) is 0. The summed E-state index contributed by atoms with van der Waals surface area (Å²) in [5.74, 6) is -0.280. The molecule has 0 atom stereocenters. The van der Waals surface area contributed by atoms with Crippen LogP contribution in [0.3, 0.4) is 0 Å². The zero-order valence-corrected chi connectivity index (χ0v) is 17.3. The number of rotatable bonds is 6. The van der Waals surface area contributed by atoms with Crippen molar-refractivity contribution in [1.29, 1.82) is 0 Å². The van der Waals surface area contributed by atoms with Crippen LogP contribution in [0.1, 0.15) is 5.56 Å². The fourth-order valence-electron chi connectivity index (χ4n) is 3.53. The van der Waals surface area contributed by atoms with Gasteiger partial charge in [-0.25, -0.2) is 14.4 Å². The molecule has 1 aliphatic heterocycles. The standard InChI is InChI=1S/C21H20ClFN6O2/c22-17-12-16(6-7-18(17)23)26-20-19(29(30)31)21(25-14-24-20)28-10-8-27(9-11-28)13-15-4-2-1-3-5-15/h1-7,12,14H,8-11,13H2,(H,24,25,26). The van der Waals surface area contributed by atoms with E-state index in [0.29, 0.717) is 18.8 Å². The number of hydrogen-bond acceptors (Lipinski definition) is 7. The van der Waals surface area contributed by atoms with Crippen molar-refractivity contribution >= 4 is 34.6 Å². The molecular weight excluding hydrogens is 423 g/mol. The second kappa shape index (κ2) is 9.23. The van der Waals surface area contributed by atoms with Gasteiger partial charge in [0.15, 0.2) is 0 Å².